The molecule has 0 unspecified atom stereocenters. The molecule has 2 aliphatic heterocycles. The van der Waals surface area contributed by atoms with Crippen LogP contribution in [0.3, 0.4) is 0 Å². The highest BCUT2D eigenvalue weighted by Gasteiger charge is 2.28. The van der Waals surface area contributed by atoms with Gasteiger partial charge in [-0.05, 0) is 44.0 Å². The summed E-state index contributed by atoms with van der Waals surface area (Å²) in [6, 6.07) is 17.0. The lowest BCUT2D eigenvalue weighted by atomic mass is 10.1. The molecule has 0 spiro atoms. The molecule has 0 radical (unpaired) electrons. The van der Waals surface area contributed by atoms with Gasteiger partial charge in [-0.1, -0.05) is 101 Å². The lowest BCUT2D eigenvalue weighted by Gasteiger charge is -2.05. The largest absolute Gasteiger partial charge is 0.0845 e. The Labute approximate surface area is 176 Å². The second-order valence-electron chi connectivity index (χ2n) is 6.13. The minimum atomic E-state index is 0.783. The van der Waals surface area contributed by atoms with Gasteiger partial charge in [0.05, 0.1) is 8.47 Å². The summed E-state index contributed by atoms with van der Waals surface area (Å²) in [5, 5.41) is 0.783. The van der Waals surface area contributed by atoms with Crippen molar-refractivity contribution in [3.63, 3.8) is 0 Å². The fraction of sp³-hybridized carbons (Fsp3) is 0.143. The van der Waals surface area contributed by atoms with Gasteiger partial charge in [0.2, 0.25) is 0 Å². The van der Waals surface area contributed by atoms with Crippen molar-refractivity contribution in [2.24, 2.45) is 0 Å². The van der Waals surface area contributed by atoms with E-state index >= 15 is 0 Å². The summed E-state index contributed by atoms with van der Waals surface area (Å²) >= 11 is 13.6. The number of benzene rings is 2. The van der Waals surface area contributed by atoms with Crippen molar-refractivity contribution in [2.75, 3.05) is 0 Å². The second kappa shape index (κ2) is 7.76. The number of hydrogen-bond acceptors (Lipinski definition) is 4. The molecule has 0 aromatic heterocycles. The number of aryl methyl sites for hydroxylation is 1. The quantitative estimate of drug-likeness (QED) is 0.464. The van der Waals surface area contributed by atoms with E-state index in [1.165, 1.54) is 44.8 Å². The van der Waals surface area contributed by atoms with Crippen molar-refractivity contribution >= 4 is 68.5 Å². The molecule has 0 bridgehead atoms. The molecule has 132 valence electrons. The molecule has 26 heavy (non-hydrogen) atoms. The van der Waals surface area contributed by atoms with Crippen molar-refractivity contribution in [1.29, 1.82) is 0 Å². The van der Waals surface area contributed by atoms with Crippen LogP contribution in [0.2, 0.25) is 5.02 Å². The highest BCUT2D eigenvalue weighted by molar-refractivity contribution is 8.37. The first-order valence-corrected chi connectivity index (χ1v) is 11.9. The molecule has 0 saturated carbocycles. The summed E-state index contributed by atoms with van der Waals surface area (Å²) in [5.41, 5.74) is 3.86. The van der Waals surface area contributed by atoms with Crippen molar-refractivity contribution < 1.29 is 0 Å². The van der Waals surface area contributed by atoms with Crippen LogP contribution in [0.5, 0.6) is 0 Å². The van der Waals surface area contributed by atoms with Gasteiger partial charge in [-0.2, -0.15) is 0 Å². The maximum absolute atomic E-state index is 6.04. The van der Waals surface area contributed by atoms with Crippen LogP contribution >= 0.6 is 58.6 Å². The van der Waals surface area contributed by atoms with E-state index < -0.39 is 0 Å². The van der Waals surface area contributed by atoms with Crippen LogP contribution in [0.15, 0.2) is 66.8 Å². The number of thioether (sulfide) groups is 4. The predicted octanol–water partition coefficient (Wildman–Crippen LogP) is 8.81. The first-order chi connectivity index (χ1) is 12.5. The number of rotatable bonds is 2. The molecule has 5 heteroatoms. The van der Waals surface area contributed by atoms with Crippen LogP contribution in [0.4, 0.5) is 0 Å². The average molecular weight is 433 g/mol. The summed E-state index contributed by atoms with van der Waals surface area (Å²) in [4.78, 5) is 5.48. The van der Waals surface area contributed by atoms with E-state index in [4.69, 9.17) is 11.6 Å². The number of allylic oxidation sites excluding steroid dienone is 2. The molecule has 0 aliphatic carbocycles. The zero-order valence-corrected chi connectivity index (χ0v) is 18.7. The van der Waals surface area contributed by atoms with Crippen molar-refractivity contribution in [3.05, 3.63) is 88.5 Å². The first-order valence-electron chi connectivity index (χ1n) is 8.21. The van der Waals surface area contributed by atoms with Crippen LogP contribution in [0, 0.1) is 6.92 Å². The molecule has 0 amide bonds. The van der Waals surface area contributed by atoms with Crippen LogP contribution in [-0.2, 0) is 0 Å². The molecule has 4 rings (SSSR count). The SMILES string of the molecule is CC1=C(c2ccc(C)cc2)S/C(=C2/SC(C)=C(c3ccc(Cl)cc3)S2)S1. The lowest BCUT2D eigenvalue weighted by molar-refractivity contribution is 1.46. The topological polar surface area (TPSA) is 0 Å². The summed E-state index contributed by atoms with van der Waals surface area (Å²) in [7, 11) is 0. The highest BCUT2D eigenvalue weighted by Crippen LogP contribution is 2.63. The molecule has 2 heterocycles. The fourth-order valence-electron chi connectivity index (χ4n) is 2.74. The Hall–Kier alpha value is -0.650. The number of hydrogen-bond donors (Lipinski definition) is 0. The van der Waals surface area contributed by atoms with Crippen LogP contribution in [-0.4, -0.2) is 0 Å². The zero-order valence-electron chi connectivity index (χ0n) is 14.6. The summed E-state index contributed by atoms with van der Waals surface area (Å²) in [5.74, 6) is 0. The van der Waals surface area contributed by atoms with Gasteiger partial charge < -0.3 is 0 Å². The maximum Gasteiger partial charge on any atom is 0.0703 e. The lowest BCUT2D eigenvalue weighted by Crippen LogP contribution is -1.79. The Morgan fingerprint density at radius 2 is 1.00 bits per heavy atom. The van der Waals surface area contributed by atoms with E-state index in [1.54, 1.807) is 0 Å². The van der Waals surface area contributed by atoms with Crippen LogP contribution < -0.4 is 0 Å². The van der Waals surface area contributed by atoms with E-state index in [1.807, 2.05) is 59.2 Å². The van der Waals surface area contributed by atoms with E-state index in [0.717, 1.165) is 5.02 Å². The molecule has 0 atom stereocenters. The minimum absolute atomic E-state index is 0.783. The number of halogens is 1. The maximum atomic E-state index is 6.04. The van der Waals surface area contributed by atoms with E-state index in [0.29, 0.717) is 0 Å². The van der Waals surface area contributed by atoms with Gasteiger partial charge in [0, 0.05) is 24.6 Å². The Kier molecular flexibility index (Phi) is 5.58. The molecular formula is C21H17ClS4. The van der Waals surface area contributed by atoms with Crippen molar-refractivity contribution in [3.8, 4) is 0 Å². The summed E-state index contributed by atoms with van der Waals surface area (Å²) < 4.78 is 2.79. The Morgan fingerprint density at radius 3 is 1.46 bits per heavy atom. The van der Waals surface area contributed by atoms with Gasteiger partial charge in [-0.3, -0.25) is 0 Å². The normalized spacial score (nSPS) is 20.5. The molecule has 2 aromatic carbocycles. The summed E-state index contributed by atoms with van der Waals surface area (Å²) in [6.45, 7) is 6.57. The Bertz CT molecular complexity index is 871. The molecule has 2 aromatic rings. The van der Waals surface area contributed by atoms with Gasteiger partial charge in [0.15, 0.2) is 0 Å². The standard InChI is InChI=1S/C21H17ClS4/c1-12-4-6-15(7-5-12)18-13(2)23-20(25-18)21-24-14(3)19(26-21)16-8-10-17(22)11-9-16/h4-11H,1-3H3/b21-20-. The van der Waals surface area contributed by atoms with Crippen molar-refractivity contribution in [2.45, 2.75) is 20.8 Å². The first kappa shape index (κ1) is 18.7. The molecule has 0 saturated heterocycles. The van der Waals surface area contributed by atoms with Crippen LogP contribution in [0.25, 0.3) is 9.81 Å². The fourth-order valence-corrected chi connectivity index (χ4v) is 8.42. The summed E-state index contributed by atoms with van der Waals surface area (Å²) in [6.07, 6.45) is 0. The van der Waals surface area contributed by atoms with E-state index in [2.05, 4.69) is 57.2 Å². The van der Waals surface area contributed by atoms with Crippen LogP contribution in [0.1, 0.15) is 30.5 Å². The van der Waals surface area contributed by atoms with Gasteiger partial charge in [-0.25, -0.2) is 0 Å². The predicted molar refractivity (Wildman–Crippen MR) is 125 cm³/mol. The molecule has 0 N–H and O–H groups in total. The highest BCUT2D eigenvalue weighted by atomic mass is 35.5. The van der Waals surface area contributed by atoms with Gasteiger partial charge >= 0.3 is 0 Å². The third-order valence-corrected chi connectivity index (χ3v) is 10.2. The monoisotopic (exact) mass is 432 g/mol. The molecular weight excluding hydrogens is 416 g/mol. The molecule has 0 nitrogen and oxygen atoms in total. The third kappa shape index (κ3) is 3.81. The minimum Gasteiger partial charge on any atom is -0.0845 e. The average Bonchev–Trinajstić information content (AvgIpc) is 3.20. The zero-order chi connectivity index (χ0) is 18.3. The second-order valence-corrected chi connectivity index (χ2v) is 11.6. The molecule has 2 aliphatic rings. The Balaban J connectivity index is 1.57. The van der Waals surface area contributed by atoms with Gasteiger partial charge in [0.25, 0.3) is 0 Å². The van der Waals surface area contributed by atoms with E-state index in [9.17, 15) is 0 Å². The van der Waals surface area contributed by atoms with Gasteiger partial charge in [0.1, 0.15) is 0 Å². The smallest absolute Gasteiger partial charge is 0.0703 e. The van der Waals surface area contributed by atoms with Crippen molar-refractivity contribution in [1.82, 2.24) is 0 Å². The third-order valence-electron chi connectivity index (χ3n) is 4.11. The van der Waals surface area contributed by atoms with Gasteiger partial charge in [-0.15, -0.1) is 0 Å². The Morgan fingerprint density at radius 1 is 0.577 bits per heavy atom. The molecule has 0 fully saturated rings. The van der Waals surface area contributed by atoms with E-state index in [-0.39, 0.29) is 0 Å².